The van der Waals surface area contributed by atoms with Gasteiger partial charge in [0.05, 0.1) is 11.9 Å². The van der Waals surface area contributed by atoms with Crippen LogP contribution in [0.4, 0.5) is 14.5 Å². The van der Waals surface area contributed by atoms with Crippen LogP contribution in [0.2, 0.25) is 0 Å². The number of nitrogens with zero attached hydrogens (tertiary/aromatic N) is 2. The summed E-state index contributed by atoms with van der Waals surface area (Å²) in [5, 5.41) is 2.83. The Kier molecular flexibility index (Phi) is 10.2. The Bertz CT molecular complexity index is 1130. The van der Waals surface area contributed by atoms with Crippen LogP contribution in [0, 0.1) is 11.6 Å². The molecule has 0 saturated heterocycles. The fourth-order valence-electron chi connectivity index (χ4n) is 3.49. The third-order valence-corrected chi connectivity index (χ3v) is 6.92. The molecule has 0 aliphatic carbocycles. The summed E-state index contributed by atoms with van der Waals surface area (Å²) >= 11 is 0. The highest BCUT2D eigenvalue weighted by molar-refractivity contribution is 7.92. The Morgan fingerprint density at radius 3 is 2.17 bits per heavy atom. The molecule has 10 heteroatoms. The number of halogens is 2. The van der Waals surface area contributed by atoms with Gasteiger partial charge in [-0.3, -0.25) is 13.9 Å². The zero-order valence-electron chi connectivity index (χ0n) is 20.5. The van der Waals surface area contributed by atoms with E-state index in [-0.39, 0.29) is 49.1 Å². The van der Waals surface area contributed by atoms with Gasteiger partial charge in [0.25, 0.3) is 0 Å². The topological polar surface area (TPSA) is 86.8 Å². The van der Waals surface area contributed by atoms with E-state index >= 15 is 0 Å². The van der Waals surface area contributed by atoms with Gasteiger partial charge in [-0.1, -0.05) is 37.3 Å². The van der Waals surface area contributed by atoms with Gasteiger partial charge >= 0.3 is 0 Å². The molecule has 0 fully saturated rings. The summed E-state index contributed by atoms with van der Waals surface area (Å²) in [5.41, 5.74) is 0.153. The van der Waals surface area contributed by atoms with Crippen molar-refractivity contribution < 1.29 is 26.8 Å². The number of carbonyl (C=O) groups is 2. The SMILES string of the molecule is CC[C@H](C)NC(=O)[C@H](C)N(Cc1ccccc1F)C(=O)CCCN(c1ccccc1F)S(C)(=O)=O. The Morgan fingerprint density at radius 2 is 1.60 bits per heavy atom. The molecule has 2 amide bonds. The standard InChI is InChI=1S/C25H33F2N3O4S/c1-5-18(2)28-25(32)19(3)29(17-20-11-6-7-12-21(20)26)24(31)15-10-16-30(35(4,33)34)23-14-9-8-13-22(23)27/h6-9,11-14,18-19H,5,10,15-17H2,1-4H3,(H,28,32)/t18-,19-/m0/s1. The van der Waals surface area contributed by atoms with Crippen molar-refractivity contribution in [2.45, 2.75) is 58.7 Å². The summed E-state index contributed by atoms with van der Waals surface area (Å²) in [5.74, 6) is -2.00. The maximum Gasteiger partial charge on any atom is 0.242 e. The number of benzene rings is 2. The summed E-state index contributed by atoms with van der Waals surface area (Å²) < 4.78 is 54.0. The molecule has 2 aromatic rings. The summed E-state index contributed by atoms with van der Waals surface area (Å²) in [4.78, 5) is 27.2. The Hall–Kier alpha value is -3.01. The van der Waals surface area contributed by atoms with E-state index in [9.17, 15) is 26.8 Å². The predicted molar refractivity (Wildman–Crippen MR) is 132 cm³/mol. The molecule has 0 radical (unpaired) electrons. The lowest BCUT2D eigenvalue weighted by atomic mass is 10.1. The van der Waals surface area contributed by atoms with E-state index in [1.807, 2.05) is 13.8 Å². The van der Waals surface area contributed by atoms with Crippen LogP contribution >= 0.6 is 0 Å². The van der Waals surface area contributed by atoms with Crippen LogP contribution < -0.4 is 9.62 Å². The van der Waals surface area contributed by atoms with Crippen LogP contribution in [-0.2, 0) is 26.2 Å². The summed E-state index contributed by atoms with van der Waals surface area (Å²) in [6.07, 6.45) is 1.63. The number of rotatable bonds is 12. The minimum Gasteiger partial charge on any atom is -0.352 e. The minimum atomic E-state index is -3.80. The van der Waals surface area contributed by atoms with Crippen LogP contribution in [0.3, 0.4) is 0 Å². The Morgan fingerprint density at radius 1 is 1.00 bits per heavy atom. The van der Waals surface area contributed by atoms with E-state index in [4.69, 9.17) is 0 Å². The van der Waals surface area contributed by atoms with Gasteiger partial charge < -0.3 is 10.2 Å². The van der Waals surface area contributed by atoms with Gasteiger partial charge in [0.15, 0.2) is 0 Å². The number of carbonyl (C=O) groups excluding carboxylic acids is 2. The van der Waals surface area contributed by atoms with E-state index in [0.717, 1.165) is 16.6 Å². The van der Waals surface area contributed by atoms with E-state index < -0.39 is 33.6 Å². The second kappa shape index (κ2) is 12.6. The number of hydrogen-bond donors (Lipinski definition) is 1. The van der Waals surface area contributed by atoms with Gasteiger partial charge in [-0.2, -0.15) is 0 Å². The second-order valence-electron chi connectivity index (χ2n) is 8.50. The molecular formula is C25H33F2N3O4S. The summed E-state index contributed by atoms with van der Waals surface area (Å²) in [7, 11) is -3.80. The van der Waals surface area contributed by atoms with Gasteiger partial charge in [0.2, 0.25) is 21.8 Å². The molecule has 0 aliphatic rings. The fraction of sp³-hybridized carbons (Fsp3) is 0.440. The molecule has 7 nitrogen and oxygen atoms in total. The smallest absolute Gasteiger partial charge is 0.242 e. The maximum atomic E-state index is 14.3. The van der Waals surface area contributed by atoms with Crippen LogP contribution in [0.5, 0.6) is 0 Å². The zero-order chi connectivity index (χ0) is 26.2. The molecule has 0 spiro atoms. The molecule has 35 heavy (non-hydrogen) atoms. The Labute approximate surface area is 206 Å². The third-order valence-electron chi connectivity index (χ3n) is 5.74. The monoisotopic (exact) mass is 509 g/mol. The first-order valence-electron chi connectivity index (χ1n) is 11.5. The molecule has 2 atom stereocenters. The first-order chi connectivity index (χ1) is 16.5. The van der Waals surface area contributed by atoms with Gasteiger partial charge in [0.1, 0.15) is 17.7 Å². The predicted octanol–water partition coefficient (Wildman–Crippen LogP) is 3.84. The second-order valence-corrected chi connectivity index (χ2v) is 10.4. The van der Waals surface area contributed by atoms with Gasteiger partial charge in [-0.25, -0.2) is 17.2 Å². The molecule has 0 heterocycles. The lowest BCUT2D eigenvalue weighted by Gasteiger charge is -2.30. The average Bonchev–Trinajstić information content (AvgIpc) is 2.80. The van der Waals surface area contributed by atoms with Crippen molar-refractivity contribution in [3.8, 4) is 0 Å². The van der Waals surface area contributed by atoms with Crippen LogP contribution in [0.25, 0.3) is 0 Å². The van der Waals surface area contributed by atoms with E-state index in [0.29, 0.717) is 6.42 Å². The van der Waals surface area contributed by atoms with Crippen molar-refractivity contribution in [2.24, 2.45) is 0 Å². The first kappa shape index (κ1) is 28.2. The number of amides is 2. The highest BCUT2D eigenvalue weighted by Crippen LogP contribution is 2.22. The van der Waals surface area contributed by atoms with E-state index in [1.54, 1.807) is 19.1 Å². The lowest BCUT2D eigenvalue weighted by molar-refractivity contribution is -0.141. The largest absolute Gasteiger partial charge is 0.352 e. The normalized spacial score (nSPS) is 13.1. The Balaban J connectivity index is 2.20. The molecule has 0 saturated carbocycles. The van der Waals surface area contributed by atoms with Crippen molar-refractivity contribution in [3.05, 3.63) is 65.7 Å². The fourth-order valence-corrected chi connectivity index (χ4v) is 4.46. The van der Waals surface area contributed by atoms with E-state index in [2.05, 4.69) is 5.32 Å². The maximum absolute atomic E-state index is 14.3. The minimum absolute atomic E-state index is 0.0771. The summed E-state index contributed by atoms with van der Waals surface area (Å²) in [6, 6.07) is 10.5. The number of anilines is 1. The highest BCUT2D eigenvalue weighted by Gasteiger charge is 2.28. The number of hydrogen-bond acceptors (Lipinski definition) is 4. The average molecular weight is 510 g/mol. The summed E-state index contributed by atoms with van der Waals surface area (Å²) in [6.45, 7) is 5.08. The van der Waals surface area contributed by atoms with Crippen molar-refractivity contribution in [1.29, 1.82) is 0 Å². The number of para-hydroxylation sites is 1. The molecule has 2 rings (SSSR count). The number of nitrogens with one attached hydrogen (secondary N) is 1. The number of sulfonamides is 1. The molecule has 0 bridgehead atoms. The molecule has 1 N–H and O–H groups in total. The quantitative estimate of drug-likeness (QED) is 0.471. The molecule has 0 unspecified atom stereocenters. The van der Waals surface area contributed by atoms with Gasteiger partial charge in [-0.15, -0.1) is 0 Å². The van der Waals surface area contributed by atoms with Crippen molar-refractivity contribution in [1.82, 2.24) is 10.2 Å². The van der Waals surface area contributed by atoms with Crippen LogP contribution in [0.15, 0.2) is 48.5 Å². The zero-order valence-corrected chi connectivity index (χ0v) is 21.3. The highest BCUT2D eigenvalue weighted by atomic mass is 32.2. The van der Waals surface area contributed by atoms with Gasteiger partial charge in [0, 0.05) is 31.1 Å². The molecule has 0 aliphatic heterocycles. The molecular weight excluding hydrogens is 476 g/mol. The van der Waals surface area contributed by atoms with Crippen molar-refractivity contribution in [2.75, 3.05) is 17.1 Å². The first-order valence-corrected chi connectivity index (χ1v) is 13.4. The van der Waals surface area contributed by atoms with Crippen molar-refractivity contribution >= 4 is 27.5 Å². The van der Waals surface area contributed by atoms with Crippen LogP contribution in [0.1, 0.15) is 45.6 Å². The molecule has 0 aromatic heterocycles. The lowest BCUT2D eigenvalue weighted by Crippen LogP contribution is -2.49. The van der Waals surface area contributed by atoms with E-state index in [1.165, 1.54) is 35.2 Å². The van der Waals surface area contributed by atoms with Gasteiger partial charge in [-0.05, 0) is 44.9 Å². The van der Waals surface area contributed by atoms with Crippen LogP contribution in [-0.4, -0.2) is 50.0 Å². The van der Waals surface area contributed by atoms with Crippen molar-refractivity contribution in [3.63, 3.8) is 0 Å². The molecule has 2 aromatic carbocycles. The third kappa shape index (κ3) is 8.02. The molecule has 192 valence electrons.